The first-order valence-electron chi connectivity index (χ1n) is 5.75. The summed E-state index contributed by atoms with van der Waals surface area (Å²) < 4.78 is 10.5. The van der Waals surface area contributed by atoms with Gasteiger partial charge in [-0.1, -0.05) is 6.92 Å². The molecule has 5 nitrogen and oxygen atoms in total. The standard InChI is InChI=1S/C13H15NO4/c1-2-14(8-10-4-3-7-17-10)9-11-5-6-12(18-11)13(15)16/h3-7H,2,8-9H2,1H3,(H,15,16). The summed E-state index contributed by atoms with van der Waals surface area (Å²) in [6.45, 7) is 4.09. The molecule has 2 heterocycles. The van der Waals surface area contributed by atoms with E-state index in [0.717, 1.165) is 12.3 Å². The van der Waals surface area contributed by atoms with Crippen LogP contribution in [0, 0.1) is 0 Å². The number of hydrogen-bond donors (Lipinski definition) is 1. The van der Waals surface area contributed by atoms with E-state index in [1.54, 1.807) is 12.3 Å². The van der Waals surface area contributed by atoms with Crippen LogP contribution in [0.5, 0.6) is 0 Å². The number of carboxylic acid groups (broad SMARTS) is 1. The SMILES string of the molecule is CCN(Cc1ccco1)Cc1ccc(C(=O)O)o1. The lowest BCUT2D eigenvalue weighted by atomic mass is 10.3. The maximum atomic E-state index is 10.7. The maximum Gasteiger partial charge on any atom is 0.371 e. The lowest BCUT2D eigenvalue weighted by Crippen LogP contribution is -2.21. The minimum Gasteiger partial charge on any atom is -0.475 e. The van der Waals surface area contributed by atoms with Gasteiger partial charge in [0.1, 0.15) is 11.5 Å². The van der Waals surface area contributed by atoms with E-state index in [1.807, 2.05) is 19.1 Å². The molecule has 5 heteroatoms. The summed E-state index contributed by atoms with van der Waals surface area (Å²) in [4.78, 5) is 12.8. The molecule has 1 N–H and O–H groups in total. The molecule has 0 aromatic carbocycles. The lowest BCUT2D eigenvalue weighted by molar-refractivity contribution is 0.0658. The number of rotatable bonds is 6. The molecular weight excluding hydrogens is 234 g/mol. The minimum absolute atomic E-state index is 0.0287. The number of carboxylic acids is 1. The van der Waals surface area contributed by atoms with Gasteiger partial charge >= 0.3 is 5.97 Å². The van der Waals surface area contributed by atoms with Crippen molar-refractivity contribution in [2.45, 2.75) is 20.0 Å². The highest BCUT2D eigenvalue weighted by Crippen LogP contribution is 2.13. The van der Waals surface area contributed by atoms with Crippen molar-refractivity contribution in [2.75, 3.05) is 6.54 Å². The number of aromatic carboxylic acids is 1. The monoisotopic (exact) mass is 249 g/mol. The van der Waals surface area contributed by atoms with Crippen molar-refractivity contribution >= 4 is 5.97 Å². The highest BCUT2D eigenvalue weighted by Gasteiger charge is 2.12. The Morgan fingerprint density at radius 1 is 1.28 bits per heavy atom. The first-order chi connectivity index (χ1) is 8.69. The van der Waals surface area contributed by atoms with Gasteiger partial charge in [-0.15, -0.1) is 0 Å². The van der Waals surface area contributed by atoms with Crippen LogP contribution in [0.1, 0.15) is 29.0 Å². The zero-order valence-electron chi connectivity index (χ0n) is 10.1. The summed E-state index contributed by atoms with van der Waals surface area (Å²) in [6.07, 6.45) is 1.64. The van der Waals surface area contributed by atoms with E-state index in [9.17, 15) is 4.79 Å². The topological polar surface area (TPSA) is 66.8 Å². The molecule has 0 saturated carbocycles. The van der Waals surface area contributed by atoms with E-state index in [1.165, 1.54) is 6.07 Å². The fourth-order valence-electron chi connectivity index (χ4n) is 1.70. The molecule has 18 heavy (non-hydrogen) atoms. The van der Waals surface area contributed by atoms with Crippen LogP contribution in [0.3, 0.4) is 0 Å². The van der Waals surface area contributed by atoms with Gasteiger partial charge in [0.25, 0.3) is 0 Å². The van der Waals surface area contributed by atoms with Crippen molar-refractivity contribution in [3.8, 4) is 0 Å². The Labute approximate surface area is 105 Å². The van der Waals surface area contributed by atoms with Gasteiger partial charge in [0.2, 0.25) is 5.76 Å². The third kappa shape index (κ3) is 3.01. The Kier molecular flexibility index (Phi) is 3.84. The third-order valence-corrected chi connectivity index (χ3v) is 2.66. The third-order valence-electron chi connectivity index (χ3n) is 2.66. The fourth-order valence-corrected chi connectivity index (χ4v) is 1.70. The van der Waals surface area contributed by atoms with Crippen LogP contribution in [-0.2, 0) is 13.1 Å². The molecule has 0 saturated heterocycles. The van der Waals surface area contributed by atoms with Crippen molar-refractivity contribution in [2.24, 2.45) is 0 Å². The average Bonchev–Trinajstić information content (AvgIpc) is 2.99. The quantitative estimate of drug-likeness (QED) is 0.852. The van der Waals surface area contributed by atoms with Gasteiger partial charge in [-0.3, -0.25) is 4.90 Å². The summed E-state index contributed by atoms with van der Waals surface area (Å²) in [5, 5.41) is 8.77. The van der Waals surface area contributed by atoms with Gasteiger partial charge in [0.15, 0.2) is 0 Å². The summed E-state index contributed by atoms with van der Waals surface area (Å²) in [6, 6.07) is 6.92. The van der Waals surface area contributed by atoms with Crippen LogP contribution in [0.4, 0.5) is 0 Å². The molecule has 0 fully saturated rings. The smallest absolute Gasteiger partial charge is 0.371 e. The zero-order chi connectivity index (χ0) is 13.0. The van der Waals surface area contributed by atoms with E-state index in [-0.39, 0.29) is 5.76 Å². The summed E-state index contributed by atoms with van der Waals surface area (Å²) in [7, 11) is 0. The molecule has 0 aliphatic heterocycles. The van der Waals surface area contributed by atoms with Crippen LogP contribution in [0.2, 0.25) is 0 Å². The molecule has 0 aliphatic carbocycles. The van der Waals surface area contributed by atoms with Crippen molar-refractivity contribution in [3.63, 3.8) is 0 Å². The Balaban J connectivity index is 1.98. The molecule has 0 atom stereocenters. The normalized spacial score (nSPS) is 11.0. The van der Waals surface area contributed by atoms with Gasteiger partial charge < -0.3 is 13.9 Å². The molecule has 0 unspecified atom stereocenters. The Bertz CT molecular complexity index is 501. The predicted molar refractivity (Wildman–Crippen MR) is 64.2 cm³/mol. The molecule has 0 radical (unpaired) electrons. The lowest BCUT2D eigenvalue weighted by Gasteiger charge is -2.17. The van der Waals surface area contributed by atoms with Gasteiger partial charge in [0.05, 0.1) is 19.4 Å². The number of carbonyl (C=O) groups is 1. The molecule has 0 bridgehead atoms. The van der Waals surface area contributed by atoms with E-state index in [2.05, 4.69) is 4.90 Å². The molecule has 2 aromatic rings. The molecule has 2 aromatic heterocycles. The van der Waals surface area contributed by atoms with Gasteiger partial charge in [-0.2, -0.15) is 0 Å². The first-order valence-corrected chi connectivity index (χ1v) is 5.75. The first kappa shape index (κ1) is 12.4. The predicted octanol–water partition coefficient (Wildman–Crippen LogP) is 2.59. The van der Waals surface area contributed by atoms with E-state index < -0.39 is 5.97 Å². The van der Waals surface area contributed by atoms with Crippen molar-refractivity contribution in [1.82, 2.24) is 4.90 Å². The molecular formula is C13H15NO4. The highest BCUT2D eigenvalue weighted by atomic mass is 16.4. The van der Waals surface area contributed by atoms with Crippen LogP contribution in [0.25, 0.3) is 0 Å². The summed E-state index contributed by atoms with van der Waals surface area (Å²) in [5.74, 6) is 0.442. The van der Waals surface area contributed by atoms with Crippen LogP contribution >= 0.6 is 0 Å². The molecule has 0 aliphatic rings. The van der Waals surface area contributed by atoms with E-state index >= 15 is 0 Å². The average molecular weight is 249 g/mol. The van der Waals surface area contributed by atoms with Crippen LogP contribution in [-0.4, -0.2) is 22.5 Å². The second kappa shape index (κ2) is 5.55. The van der Waals surface area contributed by atoms with E-state index in [0.29, 0.717) is 18.8 Å². The summed E-state index contributed by atoms with van der Waals surface area (Å²) >= 11 is 0. The van der Waals surface area contributed by atoms with Crippen molar-refractivity contribution in [1.29, 1.82) is 0 Å². The second-order valence-electron chi connectivity index (χ2n) is 3.95. The largest absolute Gasteiger partial charge is 0.475 e. The number of furan rings is 2. The molecule has 2 rings (SSSR count). The maximum absolute atomic E-state index is 10.7. The van der Waals surface area contributed by atoms with Crippen LogP contribution < -0.4 is 0 Å². The van der Waals surface area contributed by atoms with Gasteiger partial charge in [0, 0.05) is 0 Å². The Hall–Kier alpha value is -2.01. The van der Waals surface area contributed by atoms with Gasteiger partial charge in [-0.25, -0.2) is 4.79 Å². The minimum atomic E-state index is -1.05. The Morgan fingerprint density at radius 2 is 2.06 bits per heavy atom. The fraction of sp³-hybridized carbons (Fsp3) is 0.308. The summed E-state index contributed by atoms with van der Waals surface area (Å²) in [5.41, 5.74) is 0. The highest BCUT2D eigenvalue weighted by molar-refractivity contribution is 5.84. The Morgan fingerprint density at radius 3 is 2.61 bits per heavy atom. The molecule has 0 amide bonds. The van der Waals surface area contributed by atoms with Crippen LogP contribution in [0.15, 0.2) is 39.4 Å². The second-order valence-corrected chi connectivity index (χ2v) is 3.95. The van der Waals surface area contributed by atoms with Gasteiger partial charge in [-0.05, 0) is 30.8 Å². The molecule has 96 valence electrons. The van der Waals surface area contributed by atoms with Crippen molar-refractivity contribution < 1.29 is 18.7 Å². The van der Waals surface area contributed by atoms with Crippen molar-refractivity contribution in [3.05, 3.63) is 47.8 Å². The zero-order valence-corrected chi connectivity index (χ0v) is 10.1. The molecule has 0 spiro atoms. The van der Waals surface area contributed by atoms with E-state index in [4.69, 9.17) is 13.9 Å². The number of hydrogen-bond acceptors (Lipinski definition) is 4. The number of nitrogens with zero attached hydrogens (tertiary/aromatic N) is 1.